The van der Waals surface area contributed by atoms with E-state index in [2.05, 4.69) is 96.8 Å². The van der Waals surface area contributed by atoms with Gasteiger partial charge >= 0.3 is 7.25 Å². The van der Waals surface area contributed by atoms with Gasteiger partial charge < -0.3 is 17.3 Å². The molecule has 0 amide bonds. The molecular formula is C25H26BF4P. The van der Waals surface area contributed by atoms with Crippen molar-refractivity contribution in [1.82, 2.24) is 0 Å². The zero-order valence-corrected chi connectivity index (χ0v) is 18.2. The lowest BCUT2D eigenvalue weighted by molar-refractivity contribution is 0.368. The molecule has 0 aromatic heterocycles. The average Bonchev–Trinajstić information content (AvgIpc) is 2.79. The Labute approximate surface area is 182 Å². The van der Waals surface area contributed by atoms with Gasteiger partial charge in [0, 0.05) is 0 Å². The molecule has 0 saturated heterocycles. The quantitative estimate of drug-likeness (QED) is 0.228. The molecule has 0 atom stereocenters. The maximum Gasteiger partial charge on any atom is 0.673 e. The molecule has 0 aliphatic heterocycles. The van der Waals surface area contributed by atoms with E-state index >= 15 is 0 Å². The standard InChI is InChI=1S/C25H26P.BF4/c1-5-13-22(14-6-1)21-26(23-15-7-2-8-16-23,24-17-9-3-10-18-24)25-19-11-4-12-20-25;2-1(3,4)5/h2-4,7-12,15-21H,1,5-6,13-14H2;/q+1;-1. The topological polar surface area (TPSA) is 0 Å². The van der Waals surface area contributed by atoms with Crippen LogP contribution < -0.4 is 15.9 Å². The molecule has 4 rings (SSSR count). The monoisotopic (exact) mass is 444 g/mol. The number of hydrogen-bond acceptors (Lipinski definition) is 0. The summed E-state index contributed by atoms with van der Waals surface area (Å²) in [5.74, 6) is 2.69. The third kappa shape index (κ3) is 6.55. The van der Waals surface area contributed by atoms with Crippen LogP contribution in [0, 0.1) is 0 Å². The molecule has 1 saturated carbocycles. The Morgan fingerprint density at radius 1 is 0.548 bits per heavy atom. The molecule has 3 aromatic rings. The van der Waals surface area contributed by atoms with E-state index < -0.39 is 14.5 Å². The van der Waals surface area contributed by atoms with Crippen molar-refractivity contribution in [2.45, 2.75) is 32.1 Å². The minimum atomic E-state index is -6.00. The molecule has 0 radical (unpaired) electrons. The van der Waals surface area contributed by atoms with E-state index in [1.807, 2.05) is 0 Å². The highest BCUT2D eigenvalue weighted by molar-refractivity contribution is 7.98. The summed E-state index contributed by atoms with van der Waals surface area (Å²) in [5.41, 5.74) is 1.65. The molecule has 1 fully saturated rings. The molecule has 31 heavy (non-hydrogen) atoms. The summed E-state index contributed by atoms with van der Waals surface area (Å²) in [6, 6.07) is 33.5. The van der Waals surface area contributed by atoms with Crippen molar-refractivity contribution in [3.63, 3.8) is 0 Å². The van der Waals surface area contributed by atoms with Gasteiger partial charge in [-0.1, -0.05) is 61.0 Å². The number of benzene rings is 3. The highest BCUT2D eigenvalue weighted by atomic mass is 31.2. The summed E-state index contributed by atoms with van der Waals surface area (Å²) in [4.78, 5) is 0. The second-order valence-corrected chi connectivity index (χ2v) is 10.8. The minimum Gasteiger partial charge on any atom is -0.418 e. The van der Waals surface area contributed by atoms with Gasteiger partial charge in [-0.2, -0.15) is 0 Å². The fourth-order valence-electron chi connectivity index (χ4n) is 4.07. The molecule has 0 spiro atoms. The maximum absolute atomic E-state index is 9.75. The third-order valence-corrected chi connectivity index (χ3v) is 9.45. The van der Waals surface area contributed by atoms with Crippen LogP contribution in [-0.2, 0) is 0 Å². The van der Waals surface area contributed by atoms with Crippen molar-refractivity contribution in [3.8, 4) is 0 Å². The van der Waals surface area contributed by atoms with Crippen molar-refractivity contribution in [2.24, 2.45) is 0 Å². The van der Waals surface area contributed by atoms with Crippen LogP contribution in [0.1, 0.15) is 32.1 Å². The molecule has 0 bridgehead atoms. The van der Waals surface area contributed by atoms with Crippen LogP contribution in [0.15, 0.2) is 102 Å². The van der Waals surface area contributed by atoms with Gasteiger partial charge in [0.05, 0.1) is 5.82 Å². The van der Waals surface area contributed by atoms with Crippen molar-refractivity contribution in [2.75, 3.05) is 0 Å². The smallest absolute Gasteiger partial charge is 0.418 e. The summed E-state index contributed by atoms with van der Waals surface area (Å²) >= 11 is 0. The lowest BCUT2D eigenvalue weighted by Crippen LogP contribution is -2.30. The van der Waals surface area contributed by atoms with Gasteiger partial charge in [-0.15, -0.1) is 0 Å². The summed E-state index contributed by atoms with van der Waals surface area (Å²) in [5, 5.41) is 4.36. The summed E-state index contributed by atoms with van der Waals surface area (Å²) in [6.07, 6.45) is 6.57. The molecule has 162 valence electrons. The SMILES string of the molecule is C(=C1CCCCC1)[P+](c1ccccc1)(c1ccccc1)c1ccccc1.F[B-](F)(F)F. The van der Waals surface area contributed by atoms with Crippen LogP contribution in [0.2, 0.25) is 0 Å². The van der Waals surface area contributed by atoms with Gasteiger partial charge in [-0.3, -0.25) is 0 Å². The Morgan fingerprint density at radius 3 is 1.19 bits per heavy atom. The molecule has 0 heterocycles. The van der Waals surface area contributed by atoms with Gasteiger partial charge in [0.15, 0.2) is 0 Å². The Morgan fingerprint density at radius 2 is 0.871 bits per heavy atom. The molecule has 1 aliphatic carbocycles. The largest absolute Gasteiger partial charge is 0.673 e. The van der Waals surface area contributed by atoms with E-state index in [-0.39, 0.29) is 0 Å². The van der Waals surface area contributed by atoms with Gasteiger partial charge in [0.1, 0.15) is 23.2 Å². The predicted molar refractivity (Wildman–Crippen MR) is 127 cm³/mol. The highest BCUT2D eigenvalue weighted by Gasteiger charge is 2.44. The summed E-state index contributed by atoms with van der Waals surface area (Å²) in [6.45, 7) is 0. The number of hydrogen-bond donors (Lipinski definition) is 0. The van der Waals surface area contributed by atoms with Crippen LogP contribution >= 0.6 is 7.26 Å². The number of allylic oxidation sites excluding steroid dienone is 1. The molecule has 3 aromatic carbocycles. The van der Waals surface area contributed by atoms with E-state index in [0.717, 1.165) is 0 Å². The summed E-state index contributed by atoms with van der Waals surface area (Å²) in [7, 11) is -7.78. The molecule has 0 nitrogen and oxygen atoms in total. The lowest BCUT2D eigenvalue weighted by atomic mass is 9.96. The average molecular weight is 444 g/mol. The van der Waals surface area contributed by atoms with Gasteiger partial charge in [-0.25, -0.2) is 0 Å². The third-order valence-electron chi connectivity index (χ3n) is 5.36. The van der Waals surface area contributed by atoms with Crippen molar-refractivity contribution in [3.05, 3.63) is 102 Å². The van der Waals surface area contributed by atoms with Crippen LogP contribution in [0.5, 0.6) is 0 Å². The van der Waals surface area contributed by atoms with Crippen molar-refractivity contribution < 1.29 is 17.3 Å². The molecule has 1 aliphatic rings. The number of halogens is 4. The first-order valence-electron chi connectivity index (χ1n) is 10.5. The lowest BCUT2D eigenvalue weighted by Gasteiger charge is -2.26. The fraction of sp³-hybridized carbons (Fsp3) is 0.200. The Bertz CT molecular complexity index is 846. The first-order valence-corrected chi connectivity index (χ1v) is 12.4. The molecular weight excluding hydrogens is 418 g/mol. The highest BCUT2D eigenvalue weighted by Crippen LogP contribution is 2.58. The van der Waals surface area contributed by atoms with Crippen molar-refractivity contribution >= 4 is 30.4 Å². The summed E-state index contributed by atoms with van der Waals surface area (Å²) < 4.78 is 39.0. The molecule has 6 heteroatoms. The van der Waals surface area contributed by atoms with Crippen LogP contribution in [0.4, 0.5) is 17.3 Å². The molecule has 0 unspecified atom stereocenters. The van der Waals surface area contributed by atoms with E-state index in [0.29, 0.717) is 0 Å². The van der Waals surface area contributed by atoms with Gasteiger partial charge in [-0.05, 0) is 67.7 Å². The predicted octanol–water partition coefficient (Wildman–Crippen LogP) is 7.13. The molecule has 0 N–H and O–H groups in total. The van der Waals surface area contributed by atoms with E-state index in [1.165, 1.54) is 48.0 Å². The van der Waals surface area contributed by atoms with Crippen LogP contribution in [-0.4, -0.2) is 7.25 Å². The zero-order chi connectivity index (χ0) is 22.2. The van der Waals surface area contributed by atoms with E-state index in [4.69, 9.17) is 0 Å². The van der Waals surface area contributed by atoms with Gasteiger partial charge in [0.2, 0.25) is 0 Å². The minimum absolute atomic E-state index is 1.26. The second kappa shape index (κ2) is 10.8. The number of rotatable bonds is 4. The normalized spacial score (nSPS) is 14.4. The van der Waals surface area contributed by atoms with Crippen LogP contribution in [0.3, 0.4) is 0 Å². The fourth-order valence-corrected chi connectivity index (χ4v) is 8.14. The zero-order valence-electron chi connectivity index (χ0n) is 17.3. The van der Waals surface area contributed by atoms with E-state index in [1.54, 1.807) is 5.57 Å². The van der Waals surface area contributed by atoms with Gasteiger partial charge in [0.25, 0.3) is 0 Å². The first-order chi connectivity index (χ1) is 14.9. The van der Waals surface area contributed by atoms with E-state index in [9.17, 15) is 17.3 Å². The second-order valence-electron chi connectivity index (χ2n) is 7.57. The van der Waals surface area contributed by atoms with Crippen LogP contribution in [0.25, 0.3) is 0 Å². The Balaban J connectivity index is 0.000000491. The Kier molecular flexibility index (Phi) is 8.09. The van der Waals surface area contributed by atoms with Crippen molar-refractivity contribution in [1.29, 1.82) is 0 Å². The maximum atomic E-state index is 9.75. The first kappa shape index (κ1) is 23.3. The Hall–Kier alpha value is -2.39.